The van der Waals surface area contributed by atoms with E-state index in [1.807, 2.05) is 18.2 Å². The second-order valence-electron chi connectivity index (χ2n) is 8.33. The molecule has 4 aromatic rings. The lowest BCUT2D eigenvalue weighted by atomic mass is 10.2. The number of H-pyrrole nitrogens is 1. The van der Waals surface area contributed by atoms with Gasteiger partial charge in [-0.15, -0.1) is 0 Å². The molecule has 9 nitrogen and oxygen atoms in total. The van der Waals surface area contributed by atoms with Crippen LogP contribution in [0, 0.1) is 0 Å². The summed E-state index contributed by atoms with van der Waals surface area (Å²) in [6.07, 6.45) is 4.18. The molecule has 1 unspecified atom stereocenters. The van der Waals surface area contributed by atoms with Crippen molar-refractivity contribution in [2.24, 2.45) is 0 Å². The van der Waals surface area contributed by atoms with E-state index >= 15 is 0 Å². The average Bonchev–Trinajstić information content (AvgIpc) is 3.46. The van der Waals surface area contributed by atoms with E-state index in [1.54, 1.807) is 12.4 Å². The lowest BCUT2D eigenvalue weighted by Crippen LogP contribution is -2.47. The summed E-state index contributed by atoms with van der Waals surface area (Å²) >= 11 is 4.94. The van der Waals surface area contributed by atoms with Gasteiger partial charge < -0.3 is 24.7 Å². The molecule has 1 fully saturated rings. The molecule has 3 aromatic heterocycles. The molecule has 0 bridgehead atoms. The van der Waals surface area contributed by atoms with Gasteiger partial charge in [-0.2, -0.15) is 4.98 Å². The highest BCUT2D eigenvalue weighted by atomic mass is 35.5. The normalized spacial score (nSPS) is 17.9. The molecular weight excluding hydrogens is 472 g/mol. The van der Waals surface area contributed by atoms with Crippen LogP contribution in [0.5, 0.6) is 0 Å². The molecule has 34 heavy (non-hydrogen) atoms. The van der Waals surface area contributed by atoms with Crippen LogP contribution in [-0.4, -0.2) is 61.4 Å². The van der Waals surface area contributed by atoms with Gasteiger partial charge in [0.2, 0.25) is 10.8 Å². The van der Waals surface area contributed by atoms with E-state index in [9.17, 15) is 4.55 Å². The Hall–Kier alpha value is -3.08. The molecule has 5 heterocycles. The first-order valence-electron chi connectivity index (χ1n) is 11.2. The highest BCUT2D eigenvalue weighted by Crippen LogP contribution is 2.33. The number of pyridine rings is 1. The minimum absolute atomic E-state index is 0.444. The van der Waals surface area contributed by atoms with E-state index in [4.69, 9.17) is 21.6 Å². The quantitative estimate of drug-likeness (QED) is 0.407. The number of aromatic nitrogens is 5. The predicted molar refractivity (Wildman–Crippen MR) is 134 cm³/mol. The lowest BCUT2D eigenvalue weighted by Gasteiger charge is -2.36. The third-order valence-corrected chi connectivity index (χ3v) is 7.90. The molecular formula is C23H23ClN8OS. The zero-order chi connectivity index (χ0) is 23.1. The van der Waals surface area contributed by atoms with Gasteiger partial charge in [0, 0.05) is 49.5 Å². The van der Waals surface area contributed by atoms with E-state index < -0.39 is 11.2 Å². The lowest BCUT2D eigenvalue weighted by molar-refractivity contribution is 0.598. The first-order chi connectivity index (χ1) is 16.6. The maximum atomic E-state index is 12.7. The van der Waals surface area contributed by atoms with E-state index in [1.165, 1.54) is 0 Å². The fourth-order valence-electron chi connectivity index (χ4n) is 4.42. The van der Waals surface area contributed by atoms with Crippen LogP contribution < -0.4 is 15.1 Å². The molecule has 2 aliphatic heterocycles. The largest absolute Gasteiger partial charge is 0.611 e. The molecule has 0 radical (unpaired) electrons. The van der Waals surface area contributed by atoms with Gasteiger partial charge in [-0.1, -0.05) is 11.6 Å². The molecule has 6 rings (SSSR count). The van der Waals surface area contributed by atoms with Crippen LogP contribution >= 0.6 is 11.6 Å². The number of aryl methyl sites for hydroxylation is 1. The number of nitrogens with zero attached hydrogens (tertiary/aromatic N) is 6. The first-order valence-corrected chi connectivity index (χ1v) is 12.9. The van der Waals surface area contributed by atoms with Crippen molar-refractivity contribution in [1.29, 1.82) is 0 Å². The van der Waals surface area contributed by atoms with Crippen LogP contribution in [0.2, 0.25) is 5.02 Å². The summed E-state index contributed by atoms with van der Waals surface area (Å²) in [4.78, 5) is 26.9. The third-order valence-electron chi connectivity index (χ3n) is 6.19. The van der Waals surface area contributed by atoms with Crippen molar-refractivity contribution in [3.63, 3.8) is 0 Å². The fourth-order valence-corrected chi connectivity index (χ4v) is 5.88. The molecule has 0 spiro atoms. The van der Waals surface area contributed by atoms with Gasteiger partial charge in [-0.3, -0.25) is 4.98 Å². The Morgan fingerprint density at radius 1 is 1.03 bits per heavy atom. The standard InChI is InChI=1S/C23H23ClN8OS/c24-15-1-3-16(4-2-15)31-8-10-32(11-9-31)23-29-18-6-12-34(33)21(18)22(30-23)26-14-20-27-17-5-7-25-13-19(17)28-20/h1-5,7,13H,6,8-12,14H2,(H,27,28)(H,26,29,30). The summed E-state index contributed by atoms with van der Waals surface area (Å²) in [6, 6.07) is 9.81. The monoisotopic (exact) mass is 494 g/mol. The van der Waals surface area contributed by atoms with Gasteiger partial charge in [-0.25, -0.2) is 9.97 Å². The Morgan fingerprint density at radius 2 is 1.82 bits per heavy atom. The van der Waals surface area contributed by atoms with Gasteiger partial charge in [0.15, 0.2) is 5.82 Å². The summed E-state index contributed by atoms with van der Waals surface area (Å²) in [5, 5.41) is 4.11. The molecule has 0 amide bonds. The highest BCUT2D eigenvalue weighted by molar-refractivity contribution is 7.91. The molecule has 2 N–H and O–H groups in total. The van der Waals surface area contributed by atoms with Crippen LogP contribution in [0.3, 0.4) is 0 Å². The number of benzene rings is 1. The summed E-state index contributed by atoms with van der Waals surface area (Å²) in [5.74, 6) is 2.68. The Morgan fingerprint density at radius 3 is 2.62 bits per heavy atom. The molecule has 11 heteroatoms. The Labute approximate surface area is 204 Å². The Kier molecular flexibility index (Phi) is 5.64. The van der Waals surface area contributed by atoms with E-state index in [0.29, 0.717) is 30.5 Å². The number of nitrogens with one attached hydrogen (secondary N) is 2. The number of anilines is 3. The summed E-state index contributed by atoms with van der Waals surface area (Å²) in [6.45, 7) is 3.79. The Bertz CT molecular complexity index is 1290. The smallest absolute Gasteiger partial charge is 0.228 e. The Balaban J connectivity index is 1.21. The molecule has 1 aromatic carbocycles. The number of hydrogen-bond acceptors (Lipinski definition) is 8. The van der Waals surface area contributed by atoms with Gasteiger partial charge in [-0.05, 0) is 41.5 Å². The van der Waals surface area contributed by atoms with Crippen molar-refractivity contribution in [3.8, 4) is 0 Å². The van der Waals surface area contributed by atoms with Crippen LogP contribution in [0.1, 0.15) is 11.5 Å². The molecule has 0 aliphatic carbocycles. The summed E-state index contributed by atoms with van der Waals surface area (Å²) in [5.41, 5.74) is 3.79. The fraction of sp³-hybridized carbons (Fsp3) is 0.304. The maximum Gasteiger partial charge on any atom is 0.228 e. The van der Waals surface area contributed by atoms with Crippen molar-refractivity contribution in [2.45, 2.75) is 17.9 Å². The minimum Gasteiger partial charge on any atom is -0.611 e. The zero-order valence-electron chi connectivity index (χ0n) is 18.4. The summed E-state index contributed by atoms with van der Waals surface area (Å²) in [7, 11) is 0. The van der Waals surface area contributed by atoms with Crippen molar-refractivity contribution >= 4 is 51.3 Å². The SMILES string of the molecule is [O-][S+]1CCc2nc(N3CCN(c4ccc(Cl)cc4)CC3)nc(NCc3nc4ccncc4[nH]3)c21. The van der Waals surface area contributed by atoms with Gasteiger partial charge in [0.05, 0.1) is 23.8 Å². The predicted octanol–water partition coefficient (Wildman–Crippen LogP) is 3.00. The third kappa shape index (κ3) is 4.13. The van der Waals surface area contributed by atoms with Gasteiger partial charge in [0.1, 0.15) is 17.3 Å². The van der Waals surface area contributed by atoms with Crippen molar-refractivity contribution in [2.75, 3.05) is 47.0 Å². The number of fused-ring (bicyclic) bond motifs is 2. The number of aromatic amines is 1. The van der Waals surface area contributed by atoms with Crippen molar-refractivity contribution in [3.05, 3.63) is 59.3 Å². The number of halogens is 1. The average molecular weight is 495 g/mol. The number of imidazole rings is 1. The van der Waals surface area contributed by atoms with Crippen LogP contribution in [0.15, 0.2) is 47.6 Å². The van der Waals surface area contributed by atoms with Gasteiger partial charge in [0.25, 0.3) is 0 Å². The number of piperazine rings is 1. The van der Waals surface area contributed by atoms with E-state index in [2.05, 4.69) is 42.2 Å². The maximum absolute atomic E-state index is 12.7. The number of hydrogen-bond donors (Lipinski definition) is 2. The number of rotatable bonds is 5. The van der Waals surface area contributed by atoms with Crippen LogP contribution in [0.25, 0.3) is 11.0 Å². The molecule has 1 saturated heterocycles. The van der Waals surface area contributed by atoms with Gasteiger partial charge >= 0.3 is 0 Å². The van der Waals surface area contributed by atoms with Crippen molar-refractivity contribution in [1.82, 2.24) is 24.9 Å². The summed E-state index contributed by atoms with van der Waals surface area (Å²) < 4.78 is 12.7. The first kappa shape index (κ1) is 21.5. The van der Waals surface area contributed by atoms with Crippen molar-refractivity contribution < 1.29 is 4.55 Å². The molecule has 174 valence electrons. The van der Waals surface area contributed by atoms with E-state index in [-0.39, 0.29) is 0 Å². The van der Waals surface area contributed by atoms with E-state index in [0.717, 1.165) is 64.3 Å². The molecule has 0 saturated carbocycles. The minimum atomic E-state index is -1.09. The topological polar surface area (TPSA) is 109 Å². The highest BCUT2D eigenvalue weighted by Gasteiger charge is 2.33. The zero-order valence-corrected chi connectivity index (χ0v) is 19.9. The molecule has 1 atom stereocenters. The van der Waals surface area contributed by atoms with Crippen LogP contribution in [0.4, 0.5) is 17.5 Å². The second kappa shape index (κ2) is 8.94. The second-order valence-corrected chi connectivity index (χ2v) is 10.3. The van der Waals surface area contributed by atoms with Crippen LogP contribution in [-0.2, 0) is 24.1 Å². The molecule has 2 aliphatic rings.